The second kappa shape index (κ2) is 12.5. The zero-order valence-corrected chi connectivity index (χ0v) is 20.3. The summed E-state index contributed by atoms with van der Waals surface area (Å²) in [5.41, 5.74) is 19.4. The maximum absolute atomic E-state index is 14.3. The molecular formula is C28H33N5O3. The van der Waals surface area contributed by atoms with Gasteiger partial charge in [-0.15, -0.1) is 0 Å². The minimum Gasteiger partial charge on any atom is -0.508 e. The third-order valence-electron chi connectivity index (χ3n) is 6.05. The Labute approximate surface area is 211 Å². The van der Waals surface area contributed by atoms with Gasteiger partial charge in [-0.05, 0) is 48.1 Å². The van der Waals surface area contributed by atoms with Crippen LogP contribution in [-0.4, -0.2) is 35.3 Å². The van der Waals surface area contributed by atoms with E-state index in [0.29, 0.717) is 30.5 Å². The van der Waals surface area contributed by atoms with Gasteiger partial charge in [-0.25, -0.2) is 0 Å². The molecule has 0 radical (unpaired) electrons. The van der Waals surface area contributed by atoms with Crippen molar-refractivity contribution in [2.75, 3.05) is 6.54 Å². The number of carbonyl (C=O) groups is 2. The molecular weight excluding hydrogens is 454 g/mol. The van der Waals surface area contributed by atoms with Crippen molar-refractivity contribution in [3.8, 4) is 5.75 Å². The number of hydrogen-bond acceptors (Lipinski definition) is 5. The minimum atomic E-state index is -0.865. The van der Waals surface area contributed by atoms with Gasteiger partial charge in [0.1, 0.15) is 5.75 Å². The lowest BCUT2D eigenvalue weighted by atomic mass is 9.82. The third-order valence-corrected chi connectivity index (χ3v) is 6.05. The number of Topliss-reactive ketones (excluding diaryl/α,β-unsaturated/α-hetero) is 1. The van der Waals surface area contributed by atoms with Gasteiger partial charge in [0.05, 0.1) is 18.0 Å². The van der Waals surface area contributed by atoms with Crippen LogP contribution in [0.3, 0.4) is 0 Å². The van der Waals surface area contributed by atoms with Gasteiger partial charge in [-0.3, -0.25) is 19.9 Å². The van der Waals surface area contributed by atoms with Crippen molar-refractivity contribution < 1.29 is 14.7 Å². The number of hydrogen-bond donors (Lipinski definition) is 5. The van der Waals surface area contributed by atoms with Gasteiger partial charge in [0.2, 0.25) is 5.91 Å². The van der Waals surface area contributed by atoms with Gasteiger partial charge in [0, 0.05) is 6.54 Å². The quantitative estimate of drug-likeness (QED) is 0.150. The molecule has 3 rings (SSSR count). The predicted octanol–water partition coefficient (Wildman–Crippen LogP) is 2.64. The number of ketones is 1. The molecule has 0 aliphatic carbocycles. The van der Waals surface area contributed by atoms with Crippen LogP contribution in [0.4, 0.5) is 0 Å². The lowest BCUT2D eigenvalue weighted by Gasteiger charge is -2.28. The van der Waals surface area contributed by atoms with Gasteiger partial charge in [-0.1, -0.05) is 72.8 Å². The number of carbonyl (C=O) groups excluding carboxylic acids is 2. The predicted molar refractivity (Wildman–Crippen MR) is 141 cm³/mol. The molecule has 3 aromatic rings. The van der Waals surface area contributed by atoms with E-state index in [4.69, 9.17) is 17.2 Å². The van der Waals surface area contributed by atoms with Crippen LogP contribution in [0.15, 0.2) is 83.9 Å². The SMILES string of the molecule is Cc1cc(C(N[C@@H](CCCN=C(N)N)C(N)=O)C(=O)C(c2ccccc2)c2ccccc2)ccc1O. The van der Waals surface area contributed by atoms with E-state index in [1.807, 2.05) is 60.7 Å². The molecule has 3 aromatic carbocycles. The molecule has 1 unspecified atom stereocenters. The average Bonchev–Trinajstić information content (AvgIpc) is 2.86. The van der Waals surface area contributed by atoms with E-state index in [1.54, 1.807) is 25.1 Å². The van der Waals surface area contributed by atoms with Gasteiger partial charge in [-0.2, -0.15) is 0 Å². The molecule has 0 heterocycles. The second-order valence-corrected chi connectivity index (χ2v) is 8.71. The zero-order chi connectivity index (χ0) is 26.1. The fourth-order valence-corrected chi connectivity index (χ4v) is 4.19. The highest BCUT2D eigenvalue weighted by molar-refractivity contribution is 5.95. The first-order valence-electron chi connectivity index (χ1n) is 11.8. The largest absolute Gasteiger partial charge is 0.508 e. The summed E-state index contributed by atoms with van der Waals surface area (Å²) in [5.74, 6) is -1.22. The number of aliphatic imine (C=N–C) groups is 1. The van der Waals surface area contributed by atoms with E-state index in [1.165, 1.54) is 0 Å². The summed E-state index contributed by atoms with van der Waals surface area (Å²) in [5, 5.41) is 13.3. The molecule has 2 atom stereocenters. The number of aromatic hydroxyl groups is 1. The summed E-state index contributed by atoms with van der Waals surface area (Å²) in [4.78, 5) is 30.6. The number of phenolic OH excluding ortho intramolecular Hbond substituents is 1. The Bertz CT molecular complexity index is 1150. The molecule has 0 aromatic heterocycles. The van der Waals surface area contributed by atoms with Crippen LogP contribution in [0.5, 0.6) is 5.75 Å². The smallest absolute Gasteiger partial charge is 0.234 e. The Morgan fingerprint density at radius 3 is 1.97 bits per heavy atom. The van der Waals surface area contributed by atoms with Crippen molar-refractivity contribution in [3.63, 3.8) is 0 Å². The van der Waals surface area contributed by atoms with Crippen molar-refractivity contribution >= 4 is 17.6 Å². The van der Waals surface area contributed by atoms with Crippen molar-refractivity contribution in [3.05, 3.63) is 101 Å². The Balaban J connectivity index is 2.02. The number of nitrogens with one attached hydrogen (secondary N) is 1. The number of amides is 1. The molecule has 8 nitrogen and oxygen atoms in total. The summed E-state index contributed by atoms with van der Waals surface area (Å²) in [6.45, 7) is 2.09. The molecule has 0 aliphatic heterocycles. The molecule has 0 saturated heterocycles. The molecule has 8 N–H and O–H groups in total. The summed E-state index contributed by atoms with van der Waals surface area (Å²) in [7, 11) is 0. The molecule has 0 fully saturated rings. The molecule has 0 bridgehead atoms. The van der Waals surface area contributed by atoms with Crippen molar-refractivity contribution in [2.24, 2.45) is 22.2 Å². The van der Waals surface area contributed by atoms with Crippen LogP contribution in [-0.2, 0) is 9.59 Å². The van der Waals surface area contributed by atoms with E-state index in [-0.39, 0.29) is 17.5 Å². The summed E-state index contributed by atoms with van der Waals surface area (Å²) in [6, 6.07) is 22.3. The molecule has 36 heavy (non-hydrogen) atoms. The number of guanidine groups is 1. The number of rotatable bonds is 12. The Morgan fingerprint density at radius 2 is 1.47 bits per heavy atom. The lowest BCUT2D eigenvalue weighted by Crippen LogP contribution is -2.46. The van der Waals surface area contributed by atoms with Crippen LogP contribution < -0.4 is 22.5 Å². The van der Waals surface area contributed by atoms with Gasteiger partial charge < -0.3 is 22.3 Å². The fraction of sp³-hybridized carbons (Fsp3) is 0.250. The van der Waals surface area contributed by atoms with Crippen LogP contribution >= 0.6 is 0 Å². The molecule has 188 valence electrons. The normalized spacial score (nSPS) is 12.6. The highest BCUT2D eigenvalue weighted by atomic mass is 16.3. The van der Waals surface area contributed by atoms with Gasteiger partial charge >= 0.3 is 0 Å². The number of aryl methyl sites for hydroxylation is 1. The Kier molecular flexibility index (Phi) is 9.19. The lowest BCUT2D eigenvalue weighted by molar-refractivity contribution is -0.123. The summed E-state index contributed by atoms with van der Waals surface area (Å²) in [6.07, 6.45) is 0.836. The van der Waals surface area contributed by atoms with E-state index >= 15 is 0 Å². The maximum atomic E-state index is 14.3. The first-order valence-corrected chi connectivity index (χ1v) is 11.8. The van der Waals surface area contributed by atoms with E-state index in [0.717, 1.165) is 11.1 Å². The van der Waals surface area contributed by atoms with Crippen molar-refractivity contribution in [2.45, 2.75) is 37.8 Å². The first kappa shape index (κ1) is 26.4. The minimum absolute atomic E-state index is 0.0280. The van der Waals surface area contributed by atoms with Crippen LogP contribution in [0, 0.1) is 6.92 Å². The average molecular weight is 488 g/mol. The van der Waals surface area contributed by atoms with Crippen LogP contribution in [0.1, 0.15) is 47.1 Å². The van der Waals surface area contributed by atoms with Crippen molar-refractivity contribution in [1.82, 2.24) is 5.32 Å². The maximum Gasteiger partial charge on any atom is 0.234 e. The van der Waals surface area contributed by atoms with E-state index in [2.05, 4.69) is 10.3 Å². The number of primary amides is 1. The van der Waals surface area contributed by atoms with Gasteiger partial charge in [0.15, 0.2) is 11.7 Å². The zero-order valence-electron chi connectivity index (χ0n) is 20.3. The Hall–Kier alpha value is -4.17. The highest BCUT2D eigenvalue weighted by Crippen LogP contribution is 2.33. The molecule has 0 saturated carbocycles. The second-order valence-electron chi connectivity index (χ2n) is 8.71. The van der Waals surface area contributed by atoms with Gasteiger partial charge in [0.25, 0.3) is 0 Å². The number of nitrogens with two attached hydrogens (primary N) is 3. The third kappa shape index (κ3) is 6.93. The first-order chi connectivity index (χ1) is 17.3. The van der Waals surface area contributed by atoms with Crippen LogP contribution in [0.25, 0.3) is 0 Å². The molecule has 0 spiro atoms. The topological polar surface area (TPSA) is 157 Å². The Morgan fingerprint density at radius 1 is 0.889 bits per heavy atom. The highest BCUT2D eigenvalue weighted by Gasteiger charge is 2.33. The summed E-state index contributed by atoms with van der Waals surface area (Å²) < 4.78 is 0. The molecule has 8 heteroatoms. The van der Waals surface area contributed by atoms with Crippen molar-refractivity contribution in [1.29, 1.82) is 0 Å². The van der Waals surface area contributed by atoms with Crippen LogP contribution in [0.2, 0.25) is 0 Å². The van der Waals surface area contributed by atoms with E-state index in [9.17, 15) is 14.7 Å². The van der Waals surface area contributed by atoms with E-state index < -0.39 is 23.9 Å². The number of phenols is 1. The summed E-state index contributed by atoms with van der Waals surface area (Å²) >= 11 is 0. The fourth-order valence-electron chi connectivity index (χ4n) is 4.19. The molecule has 0 aliphatic rings. The number of benzene rings is 3. The number of nitrogens with zero attached hydrogens (tertiary/aromatic N) is 1. The standard InChI is InChI=1S/C28H33N5O3/c1-18-17-21(14-15-23(18)34)25(33-22(27(29)36)13-8-16-32-28(30)31)26(35)24(19-9-4-2-5-10-19)20-11-6-3-7-12-20/h2-7,9-12,14-15,17,22,24-25,33-34H,8,13,16H2,1H3,(H2,29,36)(H4,30,31,32)/t22-,25?/m0/s1. The molecule has 1 amide bonds. The monoisotopic (exact) mass is 487 g/mol.